The van der Waals surface area contributed by atoms with E-state index in [2.05, 4.69) is 62.4 Å². The van der Waals surface area contributed by atoms with E-state index in [9.17, 15) is 0 Å². The number of hydrogen-bond acceptors (Lipinski definition) is 0. The van der Waals surface area contributed by atoms with E-state index in [1.54, 1.807) is 11.1 Å². The second-order valence-electron chi connectivity index (χ2n) is 12.4. The monoisotopic (exact) mass is 686 g/mol. The van der Waals surface area contributed by atoms with Crippen LogP contribution in [0.5, 0.6) is 0 Å². The van der Waals surface area contributed by atoms with Crippen molar-refractivity contribution in [3.8, 4) is 0 Å². The number of benzene rings is 2. The first kappa shape index (κ1) is 23.7. The average molecular weight is 686 g/mol. The molecule has 2 unspecified atom stereocenters. The Morgan fingerprint density at radius 3 is 1.57 bits per heavy atom. The number of hydrogen-bond donors (Lipinski definition) is 0. The Balaban J connectivity index is 1.43. The summed E-state index contributed by atoms with van der Waals surface area (Å²) >= 11 is -4.62. The molecule has 0 bridgehead atoms. The van der Waals surface area contributed by atoms with E-state index in [0.717, 1.165) is 17.8 Å². The first-order valence-electron chi connectivity index (χ1n) is 13.9. The third-order valence-electron chi connectivity index (χ3n) is 9.83. The van der Waals surface area contributed by atoms with Crippen LogP contribution in [0, 0.1) is 5.92 Å². The van der Waals surface area contributed by atoms with Crippen molar-refractivity contribution >= 4 is 35.5 Å². The van der Waals surface area contributed by atoms with Crippen LogP contribution in [0.15, 0.2) is 47.5 Å². The molecule has 0 spiro atoms. The van der Waals surface area contributed by atoms with Gasteiger partial charge in [0.05, 0.1) is 0 Å². The fraction of sp³-hybridized carbons (Fsp3) is 0.484. The second kappa shape index (κ2) is 8.29. The molecular formula is C31H36Cl2HfSi. The van der Waals surface area contributed by atoms with Crippen molar-refractivity contribution in [3.63, 3.8) is 0 Å². The van der Waals surface area contributed by atoms with Crippen molar-refractivity contribution < 1.29 is 14.8 Å². The summed E-state index contributed by atoms with van der Waals surface area (Å²) in [6.45, 7) is 4.69. The van der Waals surface area contributed by atoms with Crippen LogP contribution in [0.2, 0.25) is 6.04 Å². The topological polar surface area (TPSA) is 0 Å². The molecule has 2 aromatic rings. The molecule has 0 amide bonds. The molecule has 0 nitrogen and oxygen atoms in total. The maximum atomic E-state index is 8.41. The molecule has 3 saturated carbocycles. The Bertz CT molecular complexity index is 1270. The molecule has 0 N–H and O–H groups in total. The average Bonchev–Trinajstić information content (AvgIpc) is 3.70. The fourth-order valence-corrected chi connectivity index (χ4v) is 58.1. The van der Waals surface area contributed by atoms with Gasteiger partial charge in [0, 0.05) is 0 Å². The van der Waals surface area contributed by atoms with Crippen molar-refractivity contribution in [1.82, 2.24) is 0 Å². The Morgan fingerprint density at radius 1 is 0.714 bits per heavy atom. The van der Waals surface area contributed by atoms with Gasteiger partial charge in [-0.3, -0.25) is 0 Å². The summed E-state index contributed by atoms with van der Waals surface area (Å²) in [4.78, 5) is 0. The zero-order valence-electron chi connectivity index (χ0n) is 21.0. The molecule has 0 radical (unpaired) electrons. The van der Waals surface area contributed by atoms with Gasteiger partial charge in [-0.1, -0.05) is 0 Å². The Kier molecular flexibility index (Phi) is 5.61. The van der Waals surface area contributed by atoms with Crippen LogP contribution in [-0.4, -0.2) is 6.22 Å². The molecule has 0 aliphatic heterocycles. The Hall–Kier alpha value is -0.413. The van der Waals surface area contributed by atoms with Gasteiger partial charge in [0.25, 0.3) is 0 Å². The summed E-state index contributed by atoms with van der Waals surface area (Å²) in [7, 11) is 16.8. The van der Waals surface area contributed by atoms with Gasteiger partial charge >= 0.3 is 221 Å². The molecule has 0 heterocycles. The zero-order chi connectivity index (χ0) is 24.0. The number of fused-ring (bicyclic) bond motifs is 2. The predicted octanol–water partition coefficient (Wildman–Crippen LogP) is 9.62. The fourth-order valence-electron chi connectivity index (χ4n) is 7.64. The zero-order valence-corrected chi connectivity index (χ0v) is 27.3. The van der Waals surface area contributed by atoms with Crippen LogP contribution >= 0.6 is 17.2 Å². The van der Waals surface area contributed by atoms with Crippen LogP contribution in [0.1, 0.15) is 111 Å². The molecular weight excluding hydrogens is 650 g/mol. The minimum absolute atomic E-state index is 0.0372. The number of allylic oxidation sites excluding steroid dienone is 2. The van der Waals surface area contributed by atoms with E-state index in [1.807, 2.05) is 0 Å². The predicted molar refractivity (Wildman–Crippen MR) is 151 cm³/mol. The van der Waals surface area contributed by atoms with Crippen molar-refractivity contribution in [2.45, 2.75) is 84.0 Å². The van der Waals surface area contributed by atoms with Crippen LogP contribution in [-0.2, 0) is 14.8 Å². The Morgan fingerprint density at radius 2 is 1.17 bits per heavy atom. The van der Waals surface area contributed by atoms with Gasteiger partial charge in [-0.15, -0.1) is 0 Å². The van der Waals surface area contributed by atoms with Gasteiger partial charge in [0.15, 0.2) is 0 Å². The molecule has 35 heavy (non-hydrogen) atoms. The molecule has 2 atom stereocenters. The van der Waals surface area contributed by atoms with Gasteiger partial charge in [0.2, 0.25) is 0 Å². The van der Waals surface area contributed by atoms with Gasteiger partial charge in [-0.05, 0) is 0 Å². The Labute approximate surface area is 219 Å². The summed E-state index contributed by atoms with van der Waals surface area (Å²) in [6.07, 6.45) is 14.5. The normalized spacial score (nSPS) is 26.1. The molecule has 3 fully saturated rings. The van der Waals surface area contributed by atoms with Crippen molar-refractivity contribution in [3.05, 3.63) is 80.9 Å². The summed E-state index contributed by atoms with van der Waals surface area (Å²) < 4.78 is 0.533. The summed E-state index contributed by atoms with van der Waals surface area (Å²) in [5.74, 6) is 2.36. The van der Waals surface area contributed by atoms with E-state index < -0.39 is 14.8 Å². The molecule has 0 saturated heterocycles. The summed E-state index contributed by atoms with van der Waals surface area (Å²) in [5, 5.41) is 0. The third-order valence-corrected chi connectivity index (χ3v) is 56.1. The maximum absolute atomic E-state index is 8.41. The van der Waals surface area contributed by atoms with Gasteiger partial charge in [-0.2, -0.15) is 0 Å². The number of rotatable bonds is 6. The molecule has 4 heteroatoms. The molecule has 0 aromatic heterocycles. The van der Waals surface area contributed by atoms with Gasteiger partial charge in [0.1, 0.15) is 0 Å². The third kappa shape index (κ3) is 3.75. The first-order valence-corrected chi connectivity index (χ1v) is 34.6. The van der Waals surface area contributed by atoms with E-state index >= 15 is 0 Å². The first-order chi connectivity index (χ1) is 16.8. The minimum atomic E-state index is -4.62. The van der Waals surface area contributed by atoms with Crippen molar-refractivity contribution in [1.29, 1.82) is 0 Å². The van der Waals surface area contributed by atoms with Gasteiger partial charge < -0.3 is 0 Å². The van der Waals surface area contributed by atoms with E-state index in [-0.39, 0.29) is 13.6 Å². The van der Waals surface area contributed by atoms with E-state index in [1.165, 1.54) is 84.4 Å². The molecule has 5 aliphatic carbocycles. The molecule has 182 valence electrons. The van der Waals surface area contributed by atoms with Crippen LogP contribution in [0.3, 0.4) is 0 Å². The molecule has 2 aromatic carbocycles. The van der Waals surface area contributed by atoms with E-state index in [0.29, 0.717) is 0 Å². The quantitative estimate of drug-likeness (QED) is 0.266. The molecule has 7 rings (SSSR count). The van der Waals surface area contributed by atoms with Crippen LogP contribution in [0.25, 0.3) is 12.2 Å². The summed E-state index contributed by atoms with van der Waals surface area (Å²) in [6, 6.07) is 15.4. The van der Waals surface area contributed by atoms with Crippen molar-refractivity contribution in [2.24, 2.45) is 5.92 Å². The van der Waals surface area contributed by atoms with Crippen molar-refractivity contribution in [2.75, 3.05) is 0 Å². The molecule has 5 aliphatic rings. The van der Waals surface area contributed by atoms with Crippen LogP contribution < -0.4 is 0 Å². The van der Waals surface area contributed by atoms with Gasteiger partial charge in [-0.25, -0.2) is 0 Å². The second-order valence-corrected chi connectivity index (χ2v) is 62.2. The standard InChI is InChI=1S/2C13H13.C5H10Si.2ClH.Hf/c2*1-9-7-11-3-2-4-12(10-5-6-10)13(11)8-9;6-4-5-2-1-3-5;;;/h2*2-4,7-8,10H,5-6H2,1H3;5-6H,1-4H2;2*1H;/q;;;;;+2/p-2. The van der Waals surface area contributed by atoms with Crippen LogP contribution in [0.4, 0.5) is 0 Å². The summed E-state index contributed by atoms with van der Waals surface area (Å²) in [5.41, 5.74) is 11.9. The van der Waals surface area contributed by atoms with E-state index in [4.69, 9.17) is 17.2 Å². The number of halogens is 2. The SMILES string of the molecule is CC1=Cc2c(C3CC3)cccc2[CH]1[Hf]([Cl])([Cl])(=[SiH]CC1CCC1)[CH]1C(C)=Cc2c(C3CC3)cccc21.